The van der Waals surface area contributed by atoms with E-state index in [1.54, 1.807) is 4.90 Å². The summed E-state index contributed by atoms with van der Waals surface area (Å²) >= 11 is 9.02. The molecule has 0 N–H and O–H groups in total. The second-order valence-electron chi connectivity index (χ2n) is 6.71. The summed E-state index contributed by atoms with van der Waals surface area (Å²) in [5.74, 6) is -0.106. The highest BCUT2D eigenvalue weighted by molar-refractivity contribution is 7.23. The summed E-state index contributed by atoms with van der Waals surface area (Å²) in [5.41, 5.74) is 1.69. The molecule has 4 rings (SSSR count). The molecule has 1 amide bonds. The Morgan fingerprint density at radius 3 is 2.57 bits per heavy atom. The molecule has 0 unspecified atom stereocenters. The number of amides is 1. The normalized spacial score (nSPS) is 11.6. The van der Waals surface area contributed by atoms with Crippen LogP contribution < -0.4 is 4.90 Å². The third-order valence-corrected chi connectivity index (χ3v) is 6.58. The molecular formula is C20H19ClN4OS2. The van der Waals surface area contributed by atoms with Crippen LogP contribution in [-0.2, 0) is 0 Å². The van der Waals surface area contributed by atoms with Gasteiger partial charge in [-0.15, -0.1) is 11.3 Å². The second kappa shape index (κ2) is 8.13. The Bertz CT molecular complexity index is 1100. The van der Waals surface area contributed by atoms with Crippen LogP contribution in [0.5, 0.6) is 0 Å². The van der Waals surface area contributed by atoms with Crippen molar-refractivity contribution in [3.05, 3.63) is 52.5 Å². The van der Waals surface area contributed by atoms with Crippen molar-refractivity contribution >= 4 is 65.7 Å². The van der Waals surface area contributed by atoms with Gasteiger partial charge in [-0.25, -0.2) is 9.97 Å². The molecule has 4 aromatic rings. The van der Waals surface area contributed by atoms with Gasteiger partial charge in [-0.05, 0) is 57.4 Å². The van der Waals surface area contributed by atoms with Crippen molar-refractivity contribution in [1.82, 2.24) is 14.9 Å². The Morgan fingerprint density at radius 2 is 1.79 bits per heavy atom. The number of hydrogen-bond acceptors (Lipinski definition) is 6. The molecule has 2 heterocycles. The van der Waals surface area contributed by atoms with Gasteiger partial charge in [-0.2, -0.15) is 0 Å². The molecule has 0 bridgehead atoms. The van der Waals surface area contributed by atoms with Gasteiger partial charge >= 0.3 is 0 Å². The van der Waals surface area contributed by atoms with E-state index in [2.05, 4.69) is 14.9 Å². The third-order valence-electron chi connectivity index (χ3n) is 4.28. The molecule has 2 aromatic heterocycles. The lowest BCUT2D eigenvalue weighted by Gasteiger charge is -2.19. The summed E-state index contributed by atoms with van der Waals surface area (Å²) in [6.07, 6.45) is 0.848. The van der Waals surface area contributed by atoms with E-state index in [-0.39, 0.29) is 5.91 Å². The van der Waals surface area contributed by atoms with Crippen molar-refractivity contribution in [1.29, 1.82) is 0 Å². The van der Waals surface area contributed by atoms with Crippen LogP contribution in [0.4, 0.5) is 5.13 Å². The zero-order valence-corrected chi connectivity index (χ0v) is 17.9. The molecule has 144 valence electrons. The quantitative estimate of drug-likeness (QED) is 0.424. The van der Waals surface area contributed by atoms with Gasteiger partial charge in [0.2, 0.25) is 0 Å². The minimum Gasteiger partial charge on any atom is -0.309 e. The molecule has 0 fully saturated rings. The van der Waals surface area contributed by atoms with Crippen LogP contribution >= 0.6 is 34.3 Å². The number of thiazole rings is 2. The van der Waals surface area contributed by atoms with Crippen molar-refractivity contribution in [3.63, 3.8) is 0 Å². The van der Waals surface area contributed by atoms with Crippen LogP contribution in [0, 0.1) is 0 Å². The Labute approximate surface area is 176 Å². The number of carbonyl (C=O) groups excluding carboxylic acids is 1. The lowest BCUT2D eigenvalue weighted by Crippen LogP contribution is -2.33. The molecule has 0 aliphatic carbocycles. The van der Waals surface area contributed by atoms with Gasteiger partial charge in [-0.3, -0.25) is 9.69 Å². The molecule has 5 nitrogen and oxygen atoms in total. The summed E-state index contributed by atoms with van der Waals surface area (Å²) in [4.78, 5) is 26.4. The fourth-order valence-corrected chi connectivity index (χ4v) is 5.09. The van der Waals surface area contributed by atoms with Gasteiger partial charge in [0.05, 0.1) is 20.4 Å². The molecule has 28 heavy (non-hydrogen) atoms. The molecular weight excluding hydrogens is 412 g/mol. The summed E-state index contributed by atoms with van der Waals surface area (Å²) < 4.78 is 1.98. The van der Waals surface area contributed by atoms with E-state index >= 15 is 0 Å². The van der Waals surface area contributed by atoms with Crippen LogP contribution in [0.3, 0.4) is 0 Å². The van der Waals surface area contributed by atoms with Crippen LogP contribution in [0.15, 0.2) is 42.5 Å². The molecule has 0 aliphatic heterocycles. The van der Waals surface area contributed by atoms with Crippen molar-refractivity contribution in [2.75, 3.05) is 32.1 Å². The first kappa shape index (κ1) is 19.3. The zero-order chi connectivity index (χ0) is 19.7. The Morgan fingerprint density at radius 1 is 1.00 bits per heavy atom. The summed E-state index contributed by atoms with van der Waals surface area (Å²) in [7, 11) is 4.05. The van der Waals surface area contributed by atoms with E-state index in [1.807, 2.05) is 56.6 Å². The Hall–Kier alpha value is -2.06. The van der Waals surface area contributed by atoms with Crippen molar-refractivity contribution in [3.8, 4) is 0 Å². The van der Waals surface area contributed by atoms with Gasteiger partial charge in [0.25, 0.3) is 5.91 Å². The van der Waals surface area contributed by atoms with E-state index in [4.69, 9.17) is 11.6 Å². The second-order valence-corrected chi connectivity index (χ2v) is 9.19. The first-order chi connectivity index (χ1) is 13.5. The van der Waals surface area contributed by atoms with Gasteiger partial charge in [0.15, 0.2) is 10.1 Å². The molecule has 8 heteroatoms. The van der Waals surface area contributed by atoms with Crippen molar-refractivity contribution in [2.45, 2.75) is 6.42 Å². The zero-order valence-electron chi connectivity index (χ0n) is 15.6. The molecule has 0 aliphatic rings. The molecule has 0 atom stereocenters. The Kier molecular flexibility index (Phi) is 5.59. The van der Waals surface area contributed by atoms with Crippen molar-refractivity contribution < 1.29 is 4.79 Å². The predicted octanol–water partition coefficient (Wildman–Crippen LogP) is 5.16. The molecule has 2 aromatic carbocycles. The van der Waals surface area contributed by atoms with Crippen LogP contribution in [0.25, 0.3) is 20.4 Å². The van der Waals surface area contributed by atoms with Gasteiger partial charge in [0, 0.05) is 11.6 Å². The highest BCUT2D eigenvalue weighted by atomic mass is 35.5. The van der Waals surface area contributed by atoms with Crippen molar-refractivity contribution in [2.24, 2.45) is 0 Å². The number of benzene rings is 2. The minimum absolute atomic E-state index is 0.106. The standard InChI is InChI=1S/C20H19ClN4OS2/c1-24(2)10-5-11-25(20-23-15-9-8-13(21)12-17(15)28-20)19(26)18-22-14-6-3-4-7-16(14)27-18/h3-4,6-9,12H,5,10-11H2,1-2H3. The molecule has 0 spiro atoms. The maximum Gasteiger partial charge on any atom is 0.289 e. The number of fused-ring (bicyclic) bond motifs is 2. The number of carbonyl (C=O) groups is 1. The molecule has 0 saturated carbocycles. The number of halogens is 1. The lowest BCUT2D eigenvalue weighted by atomic mass is 10.3. The van der Waals surface area contributed by atoms with Gasteiger partial charge in [-0.1, -0.05) is 35.1 Å². The van der Waals surface area contributed by atoms with E-state index in [9.17, 15) is 4.79 Å². The fraction of sp³-hybridized carbons (Fsp3) is 0.250. The number of aromatic nitrogens is 2. The maximum absolute atomic E-state index is 13.3. The van der Waals surface area contributed by atoms with E-state index in [0.717, 1.165) is 33.4 Å². The van der Waals surface area contributed by atoms with E-state index < -0.39 is 0 Å². The Balaban J connectivity index is 1.69. The fourth-order valence-electron chi connectivity index (χ4n) is 2.91. The van der Waals surface area contributed by atoms with Crippen LogP contribution in [0.2, 0.25) is 5.02 Å². The molecule has 0 saturated heterocycles. The number of rotatable bonds is 6. The minimum atomic E-state index is -0.106. The summed E-state index contributed by atoms with van der Waals surface area (Å²) in [6, 6.07) is 13.4. The SMILES string of the molecule is CN(C)CCCN(C(=O)c1nc2ccccc2s1)c1nc2ccc(Cl)cc2s1. The van der Waals surface area contributed by atoms with Crippen LogP contribution in [0.1, 0.15) is 16.2 Å². The number of hydrogen-bond donors (Lipinski definition) is 0. The maximum atomic E-state index is 13.3. The number of nitrogens with zero attached hydrogens (tertiary/aromatic N) is 4. The van der Waals surface area contributed by atoms with E-state index in [0.29, 0.717) is 21.7 Å². The van der Waals surface area contributed by atoms with E-state index in [1.165, 1.54) is 22.7 Å². The first-order valence-electron chi connectivity index (χ1n) is 8.89. The van der Waals surface area contributed by atoms with Crippen LogP contribution in [-0.4, -0.2) is 48.0 Å². The van der Waals surface area contributed by atoms with Gasteiger partial charge in [0.1, 0.15) is 0 Å². The topological polar surface area (TPSA) is 49.3 Å². The predicted molar refractivity (Wildman–Crippen MR) is 119 cm³/mol. The monoisotopic (exact) mass is 430 g/mol. The number of anilines is 1. The smallest absolute Gasteiger partial charge is 0.289 e. The third kappa shape index (κ3) is 4.03. The molecule has 0 radical (unpaired) electrons. The first-order valence-corrected chi connectivity index (χ1v) is 10.9. The lowest BCUT2D eigenvalue weighted by molar-refractivity contribution is 0.0986. The average molecular weight is 431 g/mol. The highest BCUT2D eigenvalue weighted by Gasteiger charge is 2.24. The summed E-state index contributed by atoms with van der Waals surface area (Å²) in [5, 5.41) is 1.84. The largest absolute Gasteiger partial charge is 0.309 e. The number of para-hydroxylation sites is 1. The summed E-state index contributed by atoms with van der Waals surface area (Å²) in [6.45, 7) is 1.47. The average Bonchev–Trinajstić information content (AvgIpc) is 3.27. The van der Waals surface area contributed by atoms with Gasteiger partial charge < -0.3 is 4.90 Å². The highest BCUT2D eigenvalue weighted by Crippen LogP contribution is 2.32.